The van der Waals surface area contributed by atoms with Gasteiger partial charge >= 0.3 is 5.97 Å². The van der Waals surface area contributed by atoms with E-state index in [1.165, 1.54) is 0 Å². The molecular formula is C9H8BrF2NO3. The van der Waals surface area contributed by atoms with Crippen molar-refractivity contribution in [1.82, 2.24) is 4.98 Å². The Morgan fingerprint density at radius 2 is 2.19 bits per heavy atom. The molecule has 0 atom stereocenters. The van der Waals surface area contributed by atoms with Gasteiger partial charge in [0.1, 0.15) is 0 Å². The fraction of sp³-hybridized carbons (Fsp3) is 0.333. The summed E-state index contributed by atoms with van der Waals surface area (Å²) in [5, 5.41) is 8.73. The lowest BCUT2D eigenvalue weighted by Gasteiger charge is -2.08. The van der Waals surface area contributed by atoms with Gasteiger partial charge in [0.2, 0.25) is 0 Å². The van der Waals surface area contributed by atoms with Gasteiger partial charge in [-0.2, -0.15) is 0 Å². The molecule has 2 N–H and O–H groups in total. The summed E-state index contributed by atoms with van der Waals surface area (Å²) in [7, 11) is 0. The topological polar surface area (TPSA) is 70.2 Å². The summed E-state index contributed by atoms with van der Waals surface area (Å²) >= 11 is 3.02. The number of halogens is 3. The van der Waals surface area contributed by atoms with Gasteiger partial charge in [0.25, 0.3) is 6.43 Å². The predicted octanol–water partition coefficient (Wildman–Crippen LogP) is 1.83. The molecule has 0 saturated carbocycles. The van der Waals surface area contributed by atoms with E-state index in [9.17, 15) is 18.4 Å². The summed E-state index contributed by atoms with van der Waals surface area (Å²) < 4.78 is 25.2. The SMILES string of the molecule is O=C(O)Cc1c(C(F)F)[nH]c(CBr)cc1=O. The molecule has 0 aliphatic rings. The number of pyridine rings is 1. The minimum atomic E-state index is -2.90. The molecule has 7 heteroatoms. The molecule has 0 aliphatic heterocycles. The molecule has 0 radical (unpaired) electrons. The molecule has 88 valence electrons. The average molecular weight is 296 g/mol. The van der Waals surface area contributed by atoms with E-state index in [-0.39, 0.29) is 11.0 Å². The number of carboxylic acid groups (broad SMARTS) is 1. The smallest absolute Gasteiger partial charge is 0.308 e. The maximum absolute atomic E-state index is 12.6. The van der Waals surface area contributed by atoms with Crippen LogP contribution in [0.25, 0.3) is 0 Å². The van der Waals surface area contributed by atoms with Crippen molar-refractivity contribution >= 4 is 21.9 Å². The van der Waals surface area contributed by atoms with Crippen LogP contribution in [-0.4, -0.2) is 16.1 Å². The van der Waals surface area contributed by atoms with Gasteiger partial charge in [-0.15, -0.1) is 0 Å². The van der Waals surface area contributed by atoms with Crippen molar-refractivity contribution in [3.05, 3.63) is 33.2 Å². The lowest BCUT2D eigenvalue weighted by Crippen LogP contribution is -2.19. The van der Waals surface area contributed by atoms with Crippen LogP contribution in [0.15, 0.2) is 10.9 Å². The molecule has 0 amide bonds. The molecule has 0 saturated heterocycles. The number of aromatic nitrogens is 1. The Morgan fingerprint density at radius 1 is 1.56 bits per heavy atom. The zero-order chi connectivity index (χ0) is 12.3. The van der Waals surface area contributed by atoms with Gasteiger partial charge < -0.3 is 10.1 Å². The third-order valence-electron chi connectivity index (χ3n) is 1.91. The number of hydrogen-bond donors (Lipinski definition) is 2. The van der Waals surface area contributed by atoms with E-state index < -0.39 is 35.5 Å². The lowest BCUT2D eigenvalue weighted by atomic mass is 10.1. The van der Waals surface area contributed by atoms with Crippen LogP contribution >= 0.6 is 15.9 Å². The molecule has 1 aromatic heterocycles. The maximum atomic E-state index is 12.6. The molecule has 1 aromatic rings. The van der Waals surface area contributed by atoms with Crippen molar-refractivity contribution in [3.63, 3.8) is 0 Å². The van der Waals surface area contributed by atoms with Crippen molar-refractivity contribution in [2.75, 3.05) is 0 Å². The summed E-state index contributed by atoms with van der Waals surface area (Å²) in [5.41, 5.74) is -1.42. The minimum absolute atomic E-state index is 0.218. The Morgan fingerprint density at radius 3 is 2.62 bits per heavy atom. The van der Waals surface area contributed by atoms with Gasteiger partial charge in [0.05, 0.1) is 12.1 Å². The van der Waals surface area contributed by atoms with E-state index in [1.807, 2.05) is 0 Å². The highest BCUT2D eigenvalue weighted by atomic mass is 79.9. The second-order valence-corrected chi connectivity index (χ2v) is 3.62. The zero-order valence-electron chi connectivity index (χ0n) is 7.97. The van der Waals surface area contributed by atoms with E-state index >= 15 is 0 Å². The molecule has 0 unspecified atom stereocenters. The van der Waals surface area contributed by atoms with Crippen molar-refractivity contribution in [3.8, 4) is 0 Å². The first-order chi connectivity index (χ1) is 7.45. The van der Waals surface area contributed by atoms with E-state index in [0.29, 0.717) is 0 Å². The predicted molar refractivity (Wildman–Crippen MR) is 56.0 cm³/mol. The number of aromatic amines is 1. The summed E-state index contributed by atoms with van der Waals surface area (Å²) in [6, 6.07) is 1.11. The highest BCUT2D eigenvalue weighted by Crippen LogP contribution is 2.20. The van der Waals surface area contributed by atoms with E-state index in [4.69, 9.17) is 5.11 Å². The molecule has 0 fully saturated rings. The van der Waals surface area contributed by atoms with E-state index in [1.54, 1.807) is 0 Å². The number of hydrogen-bond acceptors (Lipinski definition) is 2. The van der Waals surface area contributed by atoms with Crippen molar-refractivity contribution in [2.45, 2.75) is 18.2 Å². The number of nitrogens with one attached hydrogen (secondary N) is 1. The van der Waals surface area contributed by atoms with E-state index in [0.717, 1.165) is 6.07 Å². The standard InChI is InChI=1S/C9H8BrF2NO3/c10-3-4-1-6(14)5(2-7(15)16)8(13-4)9(11)12/h1,9H,2-3H2,(H,13,14)(H,15,16). The summed E-state index contributed by atoms with van der Waals surface area (Å²) in [6.45, 7) is 0. The monoisotopic (exact) mass is 295 g/mol. The van der Waals surface area contributed by atoms with Crippen LogP contribution in [-0.2, 0) is 16.5 Å². The van der Waals surface area contributed by atoms with Gasteiger partial charge in [-0.05, 0) is 0 Å². The fourth-order valence-corrected chi connectivity index (χ4v) is 1.56. The molecule has 1 heterocycles. The molecule has 1 rings (SSSR count). The van der Waals surface area contributed by atoms with Gasteiger partial charge in [-0.3, -0.25) is 9.59 Å². The summed E-state index contributed by atoms with van der Waals surface area (Å²) in [5.74, 6) is -1.32. The van der Waals surface area contributed by atoms with Crippen molar-refractivity contribution < 1.29 is 18.7 Å². The summed E-state index contributed by atoms with van der Waals surface area (Å²) in [6.07, 6.45) is -3.61. The van der Waals surface area contributed by atoms with Crippen LogP contribution in [0, 0.1) is 0 Å². The van der Waals surface area contributed by atoms with Crippen LogP contribution < -0.4 is 5.43 Å². The van der Waals surface area contributed by atoms with Crippen molar-refractivity contribution in [1.29, 1.82) is 0 Å². The number of H-pyrrole nitrogens is 1. The molecule has 0 bridgehead atoms. The van der Waals surface area contributed by atoms with Gasteiger partial charge in [-0.1, -0.05) is 15.9 Å². The number of carbonyl (C=O) groups is 1. The second kappa shape index (κ2) is 5.20. The van der Waals surface area contributed by atoms with Crippen molar-refractivity contribution in [2.24, 2.45) is 0 Å². The molecule has 0 spiro atoms. The largest absolute Gasteiger partial charge is 0.481 e. The number of alkyl halides is 3. The third-order valence-corrected chi connectivity index (χ3v) is 2.52. The fourth-order valence-electron chi connectivity index (χ4n) is 1.25. The van der Waals surface area contributed by atoms with Crippen LogP contribution in [0.3, 0.4) is 0 Å². The quantitative estimate of drug-likeness (QED) is 0.833. The Bertz CT molecular complexity index is 459. The average Bonchev–Trinajstić information content (AvgIpc) is 2.19. The van der Waals surface area contributed by atoms with E-state index in [2.05, 4.69) is 20.9 Å². The Labute approximate surface area is 97.4 Å². The van der Waals surface area contributed by atoms with Gasteiger partial charge in [0.15, 0.2) is 5.43 Å². The number of carboxylic acids is 1. The first kappa shape index (κ1) is 12.8. The zero-order valence-corrected chi connectivity index (χ0v) is 9.55. The minimum Gasteiger partial charge on any atom is -0.481 e. The number of aliphatic carboxylic acids is 1. The highest BCUT2D eigenvalue weighted by molar-refractivity contribution is 9.08. The third kappa shape index (κ3) is 2.88. The lowest BCUT2D eigenvalue weighted by molar-refractivity contribution is -0.136. The molecule has 4 nitrogen and oxygen atoms in total. The normalized spacial score (nSPS) is 10.8. The van der Waals surface area contributed by atoms with Crippen LogP contribution in [0.1, 0.15) is 23.4 Å². The Hall–Kier alpha value is -1.24. The highest BCUT2D eigenvalue weighted by Gasteiger charge is 2.19. The molecule has 16 heavy (non-hydrogen) atoms. The first-order valence-corrected chi connectivity index (χ1v) is 5.38. The first-order valence-electron chi connectivity index (χ1n) is 4.26. The molecule has 0 aromatic carbocycles. The second-order valence-electron chi connectivity index (χ2n) is 3.06. The van der Waals surface area contributed by atoms with Gasteiger partial charge in [-0.25, -0.2) is 8.78 Å². The molecule has 0 aliphatic carbocycles. The number of rotatable bonds is 4. The van der Waals surface area contributed by atoms with Gasteiger partial charge in [0, 0.05) is 22.7 Å². The molecular weight excluding hydrogens is 288 g/mol. The Kier molecular flexibility index (Phi) is 4.17. The maximum Gasteiger partial charge on any atom is 0.308 e. The van der Waals surface area contributed by atoms with Crippen LogP contribution in [0.4, 0.5) is 8.78 Å². The summed E-state index contributed by atoms with van der Waals surface area (Å²) in [4.78, 5) is 24.2. The Balaban J connectivity index is 3.34. The van der Waals surface area contributed by atoms with Crippen LogP contribution in [0.2, 0.25) is 0 Å². The van der Waals surface area contributed by atoms with Crippen LogP contribution in [0.5, 0.6) is 0 Å².